The summed E-state index contributed by atoms with van der Waals surface area (Å²) in [6.45, 7) is 2.26. The first-order valence-electron chi connectivity index (χ1n) is 8.63. The number of ketones is 1. The number of carbonyl (C=O) groups excluding carboxylic acids is 2. The van der Waals surface area contributed by atoms with E-state index in [0.717, 1.165) is 6.42 Å². The van der Waals surface area contributed by atoms with Crippen molar-refractivity contribution in [2.45, 2.75) is 26.3 Å². The molecule has 5 nitrogen and oxygen atoms in total. The van der Waals surface area contributed by atoms with Gasteiger partial charge in [-0.25, -0.2) is 4.39 Å². The van der Waals surface area contributed by atoms with Crippen molar-refractivity contribution in [3.63, 3.8) is 0 Å². The minimum atomic E-state index is -0.530. The van der Waals surface area contributed by atoms with Gasteiger partial charge in [0.05, 0.1) is 6.54 Å². The number of nitrogens with one attached hydrogen (secondary N) is 1. The van der Waals surface area contributed by atoms with Gasteiger partial charge in [0.15, 0.2) is 5.78 Å². The maximum absolute atomic E-state index is 13.1. The van der Waals surface area contributed by atoms with Crippen molar-refractivity contribution < 1.29 is 14.0 Å². The molecule has 136 valence electrons. The van der Waals surface area contributed by atoms with Crippen molar-refractivity contribution in [1.29, 1.82) is 0 Å². The number of Topliss-reactive ketones (excluding diaryl/α,β-unsaturated/α-hetero) is 1. The van der Waals surface area contributed by atoms with Crippen LogP contribution in [0.2, 0.25) is 0 Å². The van der Waals surface area contributed by atoms with Gasteiger partial charge in [-0.05, 0) is 42.0 Å². The SMILES string of the molecule is CNC(=O)c1cc(C(=O)C[C@H]2C[C@@H]2C)cn(Cc2ccc(F)cc2)c1=O. The van der Waals surface area contributed by atoms with Gasteiger partial charge in [-0.15, -0.1) is 0 Å². The zero-order chi connectivity index (χ0) is 18.8. The monoisotopic (exact) mass is 356 g/mol. The Kier molecular flexibility index (Phi) is 5.02. The highest BCUT2D eigenvalue weighted by atomic mass is 19.1. The van der Waals surface area contributed by atoms with Crippen LogP contribution in [0.25, 0.3) is 0 Å². The quantitative estimate of drug-likeness (QED) is 0.809. The standard InChI is InChI=1S/C20H21FN2O3/c1-12-7-14(12)9-18(24)15-8-17(19(25)22-2)20(26)23(11-15)10-13-3-5-16(21)6-4-13/h3-6,8,11-12,14H,7,9-10H2,1-2H3,(H,22,25)/t12-,14+/m0/s1. The maximum atomic E-state index is 13.1. The van der Waals surface area contributed by atoms with Gasteiger partial charge < -0.3 is 9.88 Å². The summed E-state index contributed by atoms with van der Waals surface area (Å²) in [5.74, 6) is -0.0461. The first kappa shape index (κ1) is 18.0. The molecular weight excluding hydrogens is 335 g/mol. The topological polar surface area (TPSA) is 68.2 Å². The third kappa shape index (κ3) is 3.90. The van der Waals surface area contributed by atoms with E-state index in [4.69, 9.17) is 0 Å². The van der Waals surface area contributed by atoms with Crippen molar-refractivity contribution in [2.24, 2.45) is 11.8 Å². The molecule has 2 atom stereocenters. The Morgan fingerprint density at radius 3 is 2.50 bits per heavy atom. The van der Waals surface area contributed by atoms with Crippen LogP contribution in [0.3, 0.4) is 0 Å². The summed E-state index contributed by atoms with van der Waals surface area (Å²) in [5, 5.41) is 2.43. The number of nitrogens with zero attached hydrogens (tertiary/aromatic N) is 1. The van der Waals surface area contributed by atoms with E-state index in [1.165, 1.54) is 36.0 Å². The number of hydrogen-bond donors (Lipinski definition) is 1. The Labute approximate surface area is 150 Å². The van der Waals surface area contributed by atoms with Gasteiger partial charge in [-0.3, -0.25) is 14.4 Å². The Hall–Kier alpha value is -2.76. The predicted molar refractivity (Wildman–Crippen MR) is 95.8 cm³/mol. The second-order valence-corrected chi connectivity index (χ2v) is 6.88. The molecule has 1 fully saturated rings. The van der Waals surface area contributed by atoms with Crippen LogP contribution >= 0.6 is 0 Å². The summed E-state index contributed by atoms with van der Waals surface area (Å²) in [5.41, 5.74) is 0.510. The molecular formula is C20H21FN2O3. The van der Waals surface area contributed by atoms with Crippen LogP contribution in [0.5, 0.6) is 0 Å². The summed E-state index contributed by atoms with van der Waals surface area (Å²) < 4.78 is 14.4. The lowest BCUT2D eigenvalue weighted by molar-refractivity contribution is 0.0961. The molecule has 1 aromatic carbocycles. The average molecular weight is 356 g/mol. The molecule has 26 heavy (non-hydrogen) atoms. The molecule has 1 aromatic heterocycles. The van der Waals surface area contributed by atoms with E-state index < -0.39 is 11.5 Å². The highest BCUT2D eigenvalue weighted by Crippen LogP contribution is 2.41. The Morgan fingerprint density at radius 2 is 1.92 bits per heavy atom. The van der Waals surface area contributed by atoms with Crippen LogP contribution in [0.15, 0.2) is 41.3 Å². The van der Waals surface area contributed by atoms with Crippen LogP contribution in [0, 0.1) is 17.7 Å². The van der Waals surface area contributed by atoms with Crippen LogP contribution in [0.1, 0.15) is 46.0 Å². The highest BCUT2D eigenvalue weighted by Gasteiger charge is 2.34. The zero-order valence-electron chi connectivity index (χ0n) is 14.8. The molecule has 1 aliphatic carbocycles. The van der Waals surface area contributed by atoms with E-state index in [0.29, 0.717) is 29.4 Å². The summed E-state index contributed by atoms with van der Waals surface area (Å²) in [4.78, 5) is 37.2. The minimum absolute atomic E-state index is 0.0655. The summed E-state index contributed by atoms with van der Waals surface area (Å²) >= 11 is 0. The van der Waals surface area contributed by atoms with Gasteiger partial charge in [0.2, 0.25) is 0 Å². The van der Waals surface area contributed by atoms with Gasteiger partial charge in [0.1, 0.15) is 11.4 Å². The van der Waals surface area contributed by atoms with Gasteiger partial charge in [0, 0.05) is 25.2 Å². The molecule has 6 heteroatoms. The fourth-order valence-corrected chi connectivity index (χ4v) is 3.03. The summed E-state index contributed by atoms with van der Waals surface area (Å²) in [7, 11) is 1.44. The van der Waals surface area contributed by atoms with E-state index in [2.05, 4.69) is 12.2 Å². The number of benzene rings is 1. The Bertz CT molecular complexity index is 902. The number of pyridine rings is 1. The molecule has 0 saturated heterocycles. The van der Waals surface area contributed by atoms with Crippen LogP contribution in [-0.4, -0.2) is 23.3 Å². The fourth-order valence-electron chi connectivity index (χ4n) is 3.03. The van der Waals surface area contributed by atoms with Crippen molar-refractivity contribution in [3.8, 4) is 0 Å². The molecule has 0 bridgehead atoms. The molecule has 0 unspecified atom stereocenters. The average Bonchev–Trinajstić information content (AvgIpc) is 3.32. The van der Waals surface area contributed by atoms with E-state index in [1.54, 1.807) is 12.1 Å². The number of hydrogen-bond acceptors (Lipinski definition) is 3. The molecule has 1 amide bonds. The predicted octanol–water partition coefficient (Wildman–Crippen LogP) is 2.62. The van der Waals surface area contributed by atoms with Gasteiger partial charge in [-0.1, -0.05) is 19.1 Å². The number of amides is 1. The number of aromatic nitrogens is 1. The second kappa shape index (κ2) is 7.23. The molecule has 1 N–H and O–H groups in total. The second-order valence-electron chi connectivity index (χ2n) is 6.88. The lowest BCUT2D eigenvalue weighted by Crippen LogP contribution is -2.32. The summed E-state index contributed by atoms with van der Waals surface area (Å²) in [6.07, 6.45) is 2.94. The molecule has 0 radical (unpaired) electrons. The highest BCUT2D eigenvalue weighted by molar-refractivity contribution is 6.00. The largest absolute Gasteiger partial charge is 0.355 e. The molecule has 0 aliphatic heterocycles. The lowest BCUT2D eigenvalue weighted by atomic mass is 10.0. The maximum Gasteiger partial charge on any atom is 0.263 e. The van der Waals surface area contributed by atoms with Crippen LogP contribution in [-0.2, 0) is 6.54 Å². The van der Waals surface area contributed by atoms with E-state index in [9.17, 15) is 18.8 Å². The van der Waals surface area contributed by atoms with E-state index >= 15 is 0 Å². The molecule has 1 heterocycles. The van der Waals surface area contributed by atoms with Crippen LogP contribution < -0.4 is 10.9 Å². The van der Waals surface area contributed by atoms with Crippen molar-refractivity contribution in [2.75, 3.05) is 7.05 Å². The van der Waals surface area contributed by atoms with E-state index in [-0.39, 0.29) is 23.7 Å². The zero-order valence-corrected chi connectivity index (χ0v) is 14.8. The number of carbonyl (C=O) groups is 2. The van der Waals surface area contributed by atoms with Crippen LogP contribution in [0.4, 0.5) is 4.39 Å². The molecule has 1 saturated carbocycles. The van der Waals surface area contributed by atoms with Crippen molar-refractivity contribution >= 4 is 11.7 Å². The Balaban J connectivity index is 1.96. The first-order valence-corrected chi connectivity index (χ1v) is 8.63. The van der Waals surface area contributed by atoms with Gasteiger partial charge in [-0.2, -0.15) is 0 Å². The summed E-state index contributed by atoms with van der Waals surface area (Å²) in [6, 6.07) is 7.13. The normalized spacial score (nSPS) is 18.4. The van der Waals surface area contributed by atoms with Crippen molar-refractivity contribution in [1.82, 2.24) is 9.88 Å². The number of rotatable bonds is 6. The van der Waals surface area contributed by atoms with Gasteiger partial charge in [0.25, 0.3) is 11.5 Å². The molecule has 1 aliphatic rings. The first-order chi connectivity index (χ1) is 12.4. The third-order valence-corrected chi connectivity index (χ3v) is 4.87. The fraction of sp³-hybridized carbons (Fsp3) is 0.350. The third-order valence-electron chi connectivity index (χ3n) is 4.87. The number of halogens is 1. The van der Waals surface area contributed by atoms with E-state index in [1.807, 2.05) is 0 Å². The minimum Gasteiger partial charge on any atom is -0.355 e. The smallest absolute Gasteiger partial charge is 0.263 e. The molecule has 3 rings (SSSR count). The molecule has 0 spiro atoms. The lowest BCUT2D eigenvalue weighted by Gasteiger charge is -2.11. The Morgan fingerprint density at radius 1 is 1.27 bits per heavy atom. The van der Waals surface area contributed by atoms with Gasteiger partial charge >= 0.3 is 0 Å². The molecule has 2 aromatic rings. The van der Waals surface area contributed by atoms with Crippen molar-refractivity contribution in [3.05, 3.63) is 69.4 Å².